The number of nitrogens with one attached hydrogen (secondary N) is 1. The molecule has 0 atom stereocenters. The van der Waals surface area contributed by atoms with Gasteiger partial charge in [0.25, 0.3) is 0 Å². The van der Waals surface area contributed by atoms with E-state index in [4.69, 9.17) is 17.0 Å². The number of aromatic nitrogens is 3. The second-order valence-corrected chi connectivity index (χ2v) is 5.28. The van der Waals surface area contributed by atoms with E-state index in [1.165, 1.54) is 10.7 Å². The van der Waals surface area contributed by atoms with Crippen LogP contribution in [0.15, 0.2) is 53.6 Å². The Morgan fingerprint density at radius 1 is 1.25 bits per heavy atom. The zero-order chi connectivity index (χ0) is 16.9. The summed E-state index contributed by atoms with van der Waals surface area (Å²) in [5.74, 6) is 0.728. The van der Waals surface area contributed by atoms with Crippen LogP contribution >= 0.6 is 12.2 Å². The molecule has 0 aliphatic rings. The van der Waals surface area contributed by atoms with E-state index in [0.717, 1.165) is 11.3 Å². The Hall–Kier alpha value is -2.80. The van der Waals surface area contributed by atoms with Crippen LogP contribution in [0.1, 0.15) is 12.5 Å². The van der Waals surface area contributed by atoms with Crippen molar-refractivity contribution in [1.82, 2.24) is 14.9 Å². The summed E-state index contributed by atoms with van der Waals surface area (Å²) in [7, 11) is 0. The molecule has 0 saturated heterocycles. The van der Waals surface area contributed by atoms with E-state index in [1.54, 1.807) is 24.4 Å². The molecule has 2 aromatic carbocycles. The minimum absolute atomic E-state index is 0.287. The molecule has 0 aliphatic carbocycles. The molecule has 7 heteroatoms. The van der Waals surface area contributed by atoms with Crippen molar-refractivity contribution in [1.29, 1.82) is 0 Å². The molecule has 0 saturated carbocycles. The van der Waals surface area contributed by atoms with Crippen molar-refractivity contribution < 1.29 is 9.13 Å². The lowest BCUT2D eigenvalue weighted by molar-refractivity contribution is 0.340. The van der Waals surface area contributed by atoms with Crippen LogP contribution in [0, 0.1) is 10.6 Å². The molecule has 0 spiro atoms. The maximum absolute atomic E-state index is 14.0. The van der Waals surface area contributed by atoms with Crippen LogP contribution in [-0.2, 0) is 0 Å². The molecule has 1 N–H and O–H groups in total. The third-order valence-corrected chi connectivity index (χ3v) is 3.54. The van der Waals surface area contributed by atoms with Gasteiger partial charge in [-0.1, -0.05) is 12.1 Å². The average Bonchev–Trinajstić information content (AvgIpc) is 2.96. The number of hydrogen-bond acceptors (Lipinski definition) is 4. The molecule has 5 nitrogen and oxygen atoms in total. The molecule has 3 aromatic rings. The van der Waals surface area contributed by atoms with Crippen molar-refractivity contribution in [2.45, 2.75) is 6.92 Å². The van der Waals surface area contributed by atoms with Gasteiger partial charge in [-0.3, -0.25) is 0 Å². The predicted molar refractivity (Wildman–Crippen MR) is 93.4 cm³/mol. The number of hydrogen-bond donors (Lipinski definition) is 1. The minimum Gasteiger partial charge on any atom is -0.494 e. The Balaban J connectivity index is 1.92. The lowest BCUT2D eigenvalue weighted by Gasteiger charge is -2.03. The van der Waals surface area contributed by atoms with Gasteiger partial charge >= 0.3 is 0 Å². The van der Waals surface area contributed by atoms with Gasteiger partial charge in [-0.05, 0) is 61.1 Å². The molecule has 0 aliphatic heterocycles. The van der Waals surface area contributed by atoms with E-state index < -0.39 is 0 Å². The first kappa shape index (κ1) is 16.1. The van der Waals surface area contributed by atoms with E-state index in [-0.39, 0.29) is 10.6 Å². The highest BCUT2D eigenvalue weighted by atomic mass is 32.1. The quantitative estimate of drug-likeness (QED) is 0.563. The van der Waals surface area contributed by atoms with Crippen molar-refractivity contribution >= 4 is 18.4 Å². The highest BCUT2D eigenvalue weighted by molar-refractivity contribution is 7.71. The van der Waals surface area contributed by atoms with Gasteiger partial charge in [0, 0.05) is 0 Å². The van der Waals surface area contributed by atoms with E-state index in [9.17, 15) is 4.39 Å². The highest BCUT2D eigenvalue weighted by Gasteiger charge is 2.12. The van der Waals surface area contributed by atoms with Gasteiger partial charge in [-0.25, -0.2) is 9.49 Å². The molecule has 122 valence electrons. The second kappa shape index (κ2) is 7.18. The number of halogens is 1. The number of benzene rings is 2. The van der Waals surface area contributed by atoms with E-state index in [0.29, 0.717) is 18.0 Å². The van der Waals surface area contributed by atoms with E-state index >= 15 is 0 Å². The molecule has 1 heterocycles. The van der Waals surface area contributed by atoms with Gasteiger partial charge in [-0.15, -0.1) is 0 Å². The summed E-state index contributed by atoms with van der Waals surface area (Å²) in [6.07, 6.45) is 1.63. The largest absolute Gasteiger partial charge is 0.494 e. The van der Waals surface area contributed by atoms with Crippen LogP contribution in [-0.4, -0.2) is 27.7 Å². The number of H-pyrrole nitrogens is 1. The van der Waals surface area contributed by atoms with Crippen LogP contribution in [0.25, 0.3) is 11.4 Å². The summed E-state index contributed by atoms with van der Waals surface area (Å²) >= 11 is 5.18. The number of nitrogens with zero attached hydrogens (tertiary/aromatic N) is 3. The van der Waals surface area contributed by atoms with E-state index in [2.05, 4.69) is 15.3 Å². The molecular weight excluding hydrogens is 327 g/mol. The molecule has 1 aromatic heterocycles. The van der Waals surface area contributed by atoms with Crippen molar-refractivity contribution in [2.24, 2.45) is 5.10 Å². The van der Waals surface area contributed by atoms with Gasteiger partial charge < -0.3 is 4.74 Å². The normalized spacial score (nSPS) is 11.1. The predicted octanol–water partition coefficient (Wildman–Crippen LogP) is 4.03. The summed E-state index contributed by atoms with van der Waals surface area (Å²) in [6.45, 7) is 2.55. The maximum atomic E-state index is 14.0. The summed E-state index contributed by atoms with van der Waals surface area (Å²) in [5.41, 5.74) is 1.19. The summed E-state index contributed by atoms with van der Waals surface area (Å²) in [5, 5.41) is 11.0. The third-order valence-electron chi connectivity index (χ3n) is 3.28. The summed E-state index contributed by atoms with van der Waals surface area (Å²) in [6, 6.07) is 13.8. The Morgan fingerprint density at radius 2 is 2.00 bits per heavy atom. The first-order valence-electron chi connectivity index (χ1n) is 7.38. The van der Waals surface area contributed by atoms with Crippen LogP contribution in [0.3, 0.4) is 0 Å². The fourth-order valence-corrected chi connectivity index (χ4v) is 2.34. The van der Waals surface area contributed by atoms with Crippen LogP contribution in [0.5, 0.6) is 5.75 Å². The topological polar surface area (TPSA) is 55.2 Å². The molecule has 0 bridgehead atoms. The van der Waals surface area contributed by atoms with Gasteiger partial charge in [-0.2, -0.15) is 14.9 Å². The molecule has 3 rings (SSSR count). The van der Waals surface area contributed by atoms with Crippen LogP contribution in [0.4, 0.5) is 4.39 Å². The van der Waals surface area contributed by atoms with Crippen molar-refractivity contribution in [3.63, 3.8) is 0 Å². The first-order valence-corrected chi connectivity index (χ1v) is 7.79. The fraction of sp³-hybridized carbons (Fsp3) is 0.118. The van der Waals surface area contributed by atoms with Crippen molar-refractivity contribution in [3.8, 4) is 17.1 Å². The zero-order valence-electron chi connectivity index (χ0n) is 12.9. The fourth-order valence-electron chi connectivity index (χ4n) is 2.16. The summed E-state index contributed by atoms with van der Waals surface area (Å²) in [4.78, 5) is 0. The molecule has 0 fully saturated rings. The number of ether oxygens (including phenoxy) is 1. The standard InChI is InChI=1S/C17H15FN4OS/c1-2-23-13-9-7-12(8-10-13)11-19-22-16(20-21-17(22)24)14-5-3-4-6-15(14)18/h3-11H,2H2,1H3,(H,21,24). The zero-order valence-corrected chi connectivity index (χ0v) is 13.8. The SMILES string of the molecule is CCOc1ccc(C=Nn2c(-c3ccccc3F)n[nH]c2=S)cc1. The lowest BCUT2D eigenvalue weighted by Crippen LogP contribution is -1.97. The highest BCUT2D eigenvalue weighted by Crippen LogP contribution is 2.20. The van der Waals surface area contributed by atoms with Crippen molar-refractivity contribution in [2.75, 3.05) is 6.61 Å². The van der Waals surface area contributed by atoms with Crippen molar-refractivity contribution in [3.05, 3.63) is 64.7 Å². The van der Waals surface area contributed by atoms with Gasteiger partial charge in [0.2, 0.25) is 4.77 Å². The lowest BCUT2D eigenvalue weighted by atomic mass is 10.2. The Morgan fingerprint density at radius 3 is 2.71 bits per heavy atom. The molecule has 0 amide bonds. The monoisotopic (exact) mass is 342 g/mol. The molecular formula is C17H15FN4OS. The second-order valence-electron chi connectivity index (χ2n) is 4.89. The molecule has 24 heavy (non-hydrogen) atoms. The first-order chi connectivity index (χ1) is 11.7. The van der Waals surface area contributed by atoms with Crippen LogP contribution in [0.2, 0.25) is 0 Å². The van der Waals surface area contributed by atoms with Gasteiger partial charge in [0.1, 0.15) is 11.6 Å². The smallest absolute Gasteiger partial charge is 0.216 e. The van der Waals surface area contributed by atoms with Gasteiger partial charge in [0.05, 0.1) is 18.4 Å². The maximum Gasteiger partial charge on any atom is 0.216 e. The number of rotatable bonds is 5. The Kier molecular flexibility index (Phi) is 4.81. The van der Waals surface area contributed by atoms with E-state index in [1.807, 2.05) is 31.2 Å². The number of aromatic amines is 1. The minimum atomic E-state index is -0.385. The van der Waals surface area contributed by atoms with Gasteiger partial charge in [0.15, 0.2) is 5.82 Å². The average molecular weight is 342 g/mol. The molecule has 0 radical (unpaired) electrons. The Labute approximate surface area is 143 Å². The third kappa shape index (κ3) is 3.41. The summed E-state index contributed by atoms with van der Waals surface area (Å²) < 4.78 is 21.1. The molecule has 0 unspecified atom stereocenters. The Bertz CT molecular complexity index is 915. The van der Waals surface area contributed by atoms with Crippen LogP contribution < -0.4 is 4.74 Å².